The lowest BCUT2D eigenvalue weighted by Gasteiger charge is -2.15. The highest BCUT2D eigenvalue weighted by molar-refractivity contribution is 6.00. The number of halogens is 1. The minimum Gasteiger partial charge on any atom is -0.350 e. The molecule has 2 heterocycles. The molecule has 0 unspecified atom stereocenters. The van der Waals surface area contributed by atoms with Crippen molar-refractivity contribution in [2.24, 2.45) is 0 Å². The highest BCUT2D eigenvalue weighted by Crippen LogP contribution is 2.23. The van der Waals surface area contributed by atoms with E-state index in [9.17, 15) is 9.18 Å². The zero-order chi connectivity index (χ0) is 15.7. The highest BCUT2D eigenvalue weighted by atomic mass is 19.1. The summed E-state index contributed by atoms with van der Waals surface area (Å²) >= 11 is 0. The first-order chi connectivity index (χ1) is 10.6. The van der Waals surface area contributed by atoms with Gasteiger partial charge in [0.15, 0.2) is 5.82 Å². The molecule has 0 spiro atoms. The quantitative estimate of drug-likeness (QED) is 0.802. The number of nitrogens with zero attached hydrogens (tertiary/aromatic N) is 3. The zero-order valence-electron chi connectivity index (χ0n) is 12.3. The molecule has 1 amide bonds. The molecule has 0 aliphatic rings. The van der Waals surface area contributed by atoms with Gasteiger partial charge in [0.25, 0.3) is 5.91 Å². The van der Waals surface area contributed by atoms with Crippen LogP contribution in [-0.2, 0) is 6.42 Å². The van der Waals surface area contributed by atoms with Gasteiger partial charge < -0.3 is 14.4 Å². The lowest BCUT2D eigenvalue weighted by Crippen LogP contribution is -2.29. The van der Waals surface area contributed by atoms with Crippen molar-refractivity contribution in [2.45, 2.75) is 13.3 Å². The Labute approximate surface area is 125 Å². The molecule has 114 valence electrons. The Morgan fingerprint density at radius 1 is 1.45 bits per heavy atom. The SMILES string of the molecule is Cc1c(C(=O)N(C)CCc2ncon2)[nH]c2ccc(F)cc12. The predicted molar refractivity (Wildman–Crippen MR) is 78.0 cm³/mol. The summed E-state index contributed by atoms with van der Waals surface area (Å²) in [4.78, 5) is 21.1. The number of carbonyl (C=O) groups is 1. The Kier molecular flexibility index (Phi) is 3.62. The van der Waals surface area contributed by atoms with Crippen molar-refractivity contribution < 1.29 is 13.7 Å². The van der Waals surface area contributed by atoms with E-state index < -0.39 is 0 Å². The highest BCUT2D eigenvalue weighted by Gasteiger charge is 2.19. The Morgan fingerprint density at radius 3 is 3.00 bits per heavy atom. The van der Waals surface area contributed by atoms with Gasteiger partial charge in [-0.1, -0.05) is 5.16 Å². The van der Waals surface area contributed by atoms with Gasteiger partial charge in [-0.3, -0.25) is 4.79 Å². The van der Waals surface area contributed by atoms with Crippen molar-refractivity contribution in [1.82, 2.24) is 20.0 Å². The molecule has 0 aliphatic heterocycles. The smallest absolute Gasteiger partial charge is 0.270 e. The summed E-state index contributed by atoms with van der Waals surface area (Å²) in [5.41, 5.74) is 1.95. The van der Waals surface area contributed by atoms with Crippen LogP contribution in [0, 0.1) is 12.7 Å². The average Bonchev–Trinajstić information content (AvgIpc) is 3.13. The molecular formula is C15H15FN4O2. The molecule has 0 fully saturated rings. The number of hydrogen-bond donors (Lipinski definition) is 1. The predicted octanol–water partition coefficient (Wildman–Crippen LogP) is 2.31. The van der Waals surface area contributed by atoms with Gasteiger partial charge in [-0.05, 0) is 30.7 Å². The number of aromatic amines is 1. The molecule has 1 aromatic carbocycles. The topological polar surface area (TPSA) is 75.0 Å². The number of aryl methyl sites for hydroxylation is 1. The van der Waals surface area contributed by atoms with E-state index in [1.54, 1.807) is 24.9 Å². The first kappa shape index (κ1) is 14.2. The van der Waals surface area contributed by atoms with Crippen LogP contribution in [-0.4, -0.2) is 39.5 Å². The third-order valence-corrected chi connectivity index (χ3v) is 3.66. The van der Waals surface area contributed by atoms with Gasteiger partial charge in [0.2, 0.25) is 6.39 Å². The third-order valence-electron chi connectivity index (χ3n) is 3.66. The van der Waals surface area contributed by atoms with E-state index >= 15 is 0 Å². The summed E-state index contributed by atoms with van der Waals surface area (Å²) in [7, 11) is 1.70. The van der Waals surface area contributed by atoms with Crippen molar-refractivity contribution >= 4 is 16.8 Å². The van der Waals surface area contributed by atoms with Crippen LogP contribution in [0.2, 0.25) is 0 Å². The lowest BCUT2D eigenvalue weighted by atomic mass is 10.1. The molecule has 2 aromatic heterocycles. The molecule has 0 radical (unpaired) electrons. The normalized spacial score (nSPS) is 11.0. The largest absolute Gasteiger partial charge is 0.350 e. The van der Waals surface area contributed by atoms with Crippen molar-refractivity contribution in [3.63, 3.8) is 0 Å². The fraction of sp³-hybridized carbons (Fsp3) is 0.267. The average molecular weight is 302 g/mol. The van der Waals surface area contributed by atoms with Crippen LogP contribution < -0.4 is 0 Å². The van der Waals surface area contributed by atoms with Gasteiger partial charge in [-0.25, -0.2) is 4.39 Å². The van der Waals surface area contributed by atoms with Gasteiger partial charge in [0.05, 0.1) is 0 Å². The van der Waals surface area contributed by atoms with Gasteiger partial charge in [-0.2, -0.15) is 4.98 Å². The standard InChI is InChI=1S/C15H15FN4O2/c1-9-11-7-10(16)3-4-12(11)18-14(9)15(21)20(2)6-5-13-17-8-22-19-13/h3-4,7-8,18H,5-6H2,1-2H3. The summed E-state index contributed by atoms with van der Waals surface area (Å²) in [5, 5.41) is 4.43. The molecule has 0 aliphatic carbocycles. The number of H-pyrrole nitrogens is 1. The number of hydrogen-bond acceptors (Lipinski definition) is 4. The van der Waals surface area contributed by atoms with Crippen LogP contribution in [0.15, 0.2) is 29.1 Å². The lowest BCUT2D eigenvalue weighted by molar-refractivity contribution is 0.0790. The third kappa shape index (κ3) is 2.57. The maximum absolute atomic E-state index is 13.3. The molecule has 3 rings (SSSR count). The van der Waals surface area contributed by atoms with E-state index in [1.165, 1.54) is 18.5 Å². The molecule has 0 bridgehead atoms. The minimum atomic E-state index is -0.320. The van der Waals surface area contributed by atoms with Gasteiger partial charge in [-0.15, -0.1) is 0 Å². The maximum atomic E-state index is 13.3. The summed E-state index contributed by atoms with van der Waals surface area (Å²) < 4.78 is 18.0. The van der Waals surface area contributed by atoms with E-state index in [4.69, 9.17) is 0 Å². The number of fused-ring (bicyclic) bond motifs is 1. The van der Waals surface area contributed by atoms with E-state index in [0.717, 1.165) is 16.5 Å². The number of carbonyl (C=O) groups excluding carboxylic acids is 1. The number of nitrogens with one attached hydrogen (secondary N) is 1. The van der Waals surface area contributed by atoms with Crippen LogP contribution in [0.3, 0.4) is 0 Å². The Bertz CT molecular complexity index is 810. The molecule has 0 saturated heterocycles. The van der Waals surface area contributed by atoms with Gasteiger partial charge >= 0.3 is 0 Å². The van der Waals surface area contributed by atoms with Gasteiger partial charge in [0, 0.05) is 30.9 Å². The van der Waals surface area contributed by atoms with Crippen LogP contribution in [0.5, 0.6) is 0 Å². The van der Waals surface area contributed by atoms with Crippen molar-refractivity contribution in [2.75, 3.05) is 13.6 Å². The molecular weight excluding hydrogens is 287 g/mol. The monoisotopic (exact) mass is 302 g/mol. The van der Waals surface area contributed by atoms with Gasteiger partial charge in [0.1, 0.15) is 11.5 Å². The summed E-state index contributed by atoms with van der Waals surface area (Å²) in [6, 6.07) is 4.43. The maximum Gasteiger partial charge on any atom is 0.270 e. The number of benzene rings is 1. The molecule has 1 N–H and O–H groups in total. The van der Waals surface area contributed by atoms with E-state index in [2.05, 4.69) is 19.6 Å². The fourth-order valence-corrected chi connectivity index (χ4v) is 2.38. The molecule has 0 atom stereocenters. The summed E-state index contributed by atoms with van der Waals surface area (Å²) in [6.45, 7) is 2.26. The molecule has 3 aromatic rings. The second-order valence-electron chi connectivity index (χ2n) is 5.14. The Morgan fingerprint density at radius 2 is 2.27 bits per heavy atom. The van der Waals surface area contributed by atoms with Crippen LogP contribution in [0.1, 0.15) is 21.9 Å². The second-order valence-corrected chi connectivity index (χ2v) is 5.14. The molecule has 22 heavy (non-hydrogen) atoms. The number of amides is 1. The minimum absolute atomic E-state index is 0.155. The number of likely N-dealkylation sites (N-methyl/N-ethyl adjacent to an activating group) is 1. The van der Waals surface area contributed by atoms with E-state index in [-0.39, 0.29) is 11.7 Å². The first-order valence-electron chi connectivity index (χ1n) is 6.85. The van der Waals surface area contributed by atoms with Crippen molar-refractivity contribution in [3.05, 3.63) is 47.5 Å². The van der Waals surface area contributed by atoms with E-state index in [0.29, 0.717) is 24.5 Å². The molecule has 6 nitrogen and oxygen atoms in total. The molecule has 0 saturated carbocycles. The number of rotatable bonds is 4. The summed E-state index contributed by atoms with van der Waals surface area (Å²) in [6.07, 6.45) is 1.76. The second kappa shape index (κ2) is 5.59. The zero-order valence-corrected chi connectivity index (χ0v) is 12.3. The Hall–Kier alpha value is -2.70. The van der Waals surface area contributed by atoms with Crippen molar-refractivity contribution in [1.29, 1.82) is 0 Å². The van der Waals surface area contributed by atoms with Crippen LogP contribution in [0.4, 0.5) is 4.39 Å². The Balaban J connectivity index is 1.80. The van der Waals surface area contributed by atoms with Crippen molar-refractivity contribution in [3.8, 4) is 0 Å². The fourth-order valence-electron chi connectivity index (χ4n) is 2.38. The summed E-state index contributed by atoms with van der Waals surface area (Å²) in [5.74, 6) is 0.0757. The van der Waals surface area contributed by atoms with E-state index in [1.807, 2.05) is 0 Å². The van der Waals surface area contributed by atoms with Crippen LogP contribution >= 0.6 is 0 Å². The molecule has 7 heteroatoms. The van der Waals surface area contributed by atoms with Crippen LogP contribution in [0.25, 0.3) is 10.9 Å². The number of aromatic nitrogens is 3. The first-order valence-corrected chi connectivity index (χ1v) is 6.85.